The fourth-order valence-electron chi connectivity index (χ4n) is 1.96. The van der Waals surface area contributed by atoms with Gasteiger partial charge in [0.1, 0.15) is 5.82 Å². The summed E-state index contributed by atoms with van der Waals surface area (Å²) in [6.07, 6.45) is 1.74. The Bertz CT molecular complexity index is 490. The summed E-state index contributed by atoms with van der Waals surface area (Å²) in [5.74, 6) is 0.603. The molecule has 2 rings (SSSR count). The van der Waals surface area contributed by atoms with Gasteiger partial charge in [0.05, 0.1) is 0 Å². The second-order valence-corrected chi connectivity index (χ2v) is 3.77. The van der Waals surface area contributed by atoms with Gasteiger partial charge >= 0.3 is 0 Å². The van der Waals surface area contributed by atoms with Crippen molar-refractivity contribution in [3.8, 4) is 0 Å². The van der Waals surface area contributed by atoms with Gasteiger partial charge in [-0.15, -0.1) is 0 Å². The molecule has 3 heteroatoms. The smallest absolute Gasteiger partial charge is 0.131 e. The minimum atomic E-state index is 0.603. The molecule has 0 unspecified atom stereocenters. The van der Waals surface area contributed by atoms with Crippen molar-refractivity contribution in [1.82, 2.24) is 4.98 Å². The lowest BCUT2D eigenvalue weighted by Gasteiger charge is -2.21. The zero-order valence-corrected chi connectivity index (χ0v) is 9.77. The van der Waals surface area contributed by atoms with E-state index < -0.39 is 0 Å². The molecule has 0 atom stereocenters. The van der Waals surface area contributed by atoms with Crippen LogP contribution in [0.3, 0.4) is 0 Å². The molecule has 2 aromatic rings. The molecule has 0 aliphatic carbocycles. The van der Waals surface area contributed by atoms with Crippen molar-refractivity contribution in [2.24, 2.45) is 0 Å². The first-order valence-electron chi connectivity index (χ1n) is 5.65. The van der Waals surface area contributed by atoms with Gasteiger partial charge in [0.15, 0.2) is 0 Å². The molecule has 0 radical (unpaired) electrons. The van der Waals surface area contributed by atoms with Crippen LogP contribution in [-0.2, 0) is 0 Å². The number of pyridine rings is 1. The van der Waals surface area contributed by atoms with Crippen molar-refractivity contribution in [1.29, 1.82) is 0 Å². The third-order valence-corrected chi connectivity index (χ3v) is 2.91. The number of aromatic nitrogens is 1. The van der Waals surface area contributed by atoms with E-state index in [4.69, 9.17) is 5.73 Å². The van der Waals surface area contributed by atoms with Gasteiger partial charge < -0.3 is 10.6 Å². The van der Waals surface area contributed by atoms with Gasteiger partial charge in [-0.25, -0.2) is 4.98 Å². The van der Waals surface area contributed by atoms with E-state index in [9.17, 15) is 0 Å². The van der Waals surface area contributed by atoms with Gasteiger partial charge in [-0.1, -0.05) is 6.07 Å². The van der Waals surface area contributed by atoms with E-state index in [0.717, 1.165) is 23.9 Å². The molecule has 0 aliphatic heterocycles. The van der Waals surface area contributed by atoms with Crippen molar-refractivity contribution in [2.75, 3.05) is 23.7 Å². The van der Waals surface area contributed by atoms with Gasteiger partial charge in [-0.2, -0.15) is 0 Å². The molecule has 0 saturated heterocycles. The van der Waals surface area contributed by atoms with Crippen molar-refractivity contribution < 1.29 is 0 Å². The van der Waals surface area contributed by atoms with Gasteiger partial charge in [0, 0.05) is 30.4 Å². The number of nitrogen functional groups attached to an aromatic ring is 1. The Kier molecular flexibility index (Phi) is 2.95. The highest BCUT2D eigenvalue weighted by atomic mass is 15.1. The number of anilines is 2. The molecule has 0 aliphatic rings. The maximum absolute atomic E-state index is 5.88. The van der Waals surface area contributed by atoms with Gasteiger partial charge in [-0.05, 0) is 37.4 Å². The highest BCUT2D eigenvalue weighted by Gasteiger charge is 2.04. The first-order valence-corrected chi connectivity index (χ1v) is 5.65. The number of hydrogen-bond acceptors (Lipinski definition) is 3. The van der Waals surface area contributed by atoms with E-state index in [0.29, 0.717) is 5.82 Å². The maximum atomic E-state index is 5.88. The first kappa shape index (κ1) is 10.7. The summed E-state index contributed by atoms with van der Waals surface area (Å²) in [4.78, 5) is 6.42. The van der Waals surface area contributed by atoms with Crippen LogP contribution in [-0.4, -0.2) is 18.1 Å². The topological polar surface area (TPSA) is 42.2 Å². The average molecular weight is 215 g/mol. The number of rotatable bonds is 3. The summed E-state index contributed by atoms with van der Waals surface area (Å²) in [5.41, 5.74) is 7.08. The van der Waals surface area contributed by atoms with E-state index >= 15 is 0 Å². The van der Waals surface area contributed by atoms with Crippen LogP contribution in [0.4, 0.5) is 11.5 Å². The molecule has 1 heterocycles. The second kappa shape index (κ2) is 4.39. The van der Waals surface area contributed by atoms with Crippen molar-refractivity contribution >= 4 is 22.3 Å². The van der Waals surface area contributed by atoms with Crippen molar-refractivity contribution in [3.05, 3.63) is 30.5 Å². The second-order valence-electron chi connectivity index (χ2n) is 3.77. The molecule has 0 bridgehead atoms. The van der Waals surface area contributed by atoms with E-state index in [1.54, 1.807) is 6.20 Å². The third kappa shape index (κ3) is 1.81. The molecule has 0 saturated carbocycles. The Morgan fingerprint density at radius 2 is 1.94 bits per heavy atom. The Hall–Kier alpha value is -1.77. The first-order chi connectivity index (χ1) is 7.76. The number of nitrogens with two attached hydrogens (primary N) is 1. The largest absolute Gasteiger partial charge is 0.383 e. The summed E-state index contributed by atoms with van der Waals surface area (Å²) in [6.45, 7) is 6.31. The van der Waals surface area contributed by atoms with E-state index in [1.807, 2.05) is 6.07 Å². The summed E-state index contributed by atoms with van der Waals surface area (Å²) in [6, 6.07) is 8.33. The molecule has 0 spiro atoms. The predicted molar refractivity (Wildman–Crippen MR) is 69.7 cm³/mol. The Morgan fingerprint density at radius 1 is 1.19 bits per heavy atom. The summed E-state index contributed by atoms with van der Waals surface area (Å²) in [7, 11) is 0. The molecule has 2 N–H and O–H groups in total. The quantitative estimate of drug-likeness (QED) is 0.855. The zero-order valence-electron chi connectivity index (χ0n) is 9.77. The average Bonchev–Trinajstić information content (AvgIpc) is 2.32. The standard InChI is InChI=1S/C13H17N3/c1-3-16(4-2)11-6-5-10-7-8-15-13(14)12(10)9-11/h5-9H,3-4H2,1-2H3,(H2,14,15). The van der Waals surface area contributed by atoms with E-state index in [1.165, 1.54) is 5.69 Å². The molecule has 1 aromatic carbocycles. The van der Waals surface area contributed by atoms with Crippen LogP contribution >= 0.6 is 0 Å². The monoisotopic (exact) mass is 215 g/mol. The van der Waals surface area contributed by atoms with Crippen LogP contribution in [0, 0.1) is 0 Å². The zero-order chi connectivity index (χ0) is 11.5. The molecule has 16 heavy (non-hydrogen) atoms. The number of benzene rings is 1. The third-order valence-electron chi connectivity index (χ3n) is 2.91. The molecule has 3 nitrogen and oxygen atoms in total. The predicted octanol–water partition coefficient (Wildman–Crippen LogP) is 2.66. The maximum Gasteiger partial charge on any atom is 0.131 e. The van der Waals surface area contributed by atoms with Crippen LogP contribution in [0.2, 0.25) is 0 Å². The lowest BCUT2D eigenvalue weighted by Crippen LogP contribution is -2.21. The van der Waals surface area contributed by atoms with E-state index in [2.05, 4.69) is 41.9 Å². The number of hydrogen-bond donors (Lipinski definition) is 1. The fraction of sp³-hybridized carbons (Fsp3) is 0.308. The molecule has 84 valence electrons. The van der Waals surface area contributed by atoms with Crippen LogP contribution in [0.25, 0.3) is 10.8 Å². The van der Waals surface area contributed by atoms with E-state index in [-0.39, 0.29) is 0 Å². The minimum Gasteiger partial charge on any atom is -0.383 e. The highest BCUT2D eigenvalue weighted by Crippen LogP contribution is 2.24. The van der Waals surface area contributed by atoms with Gasteiger partial charge in [-0.3, -0.25) is 0 Å². The SMILES string of the molecule is CCN(CC)c1ccc2ccnc(N)c2c1. The van der Waals surface area contributed by atoms with Crippen LogP contribution < -0.4 is 10.6 Å². The number of nitrogens with zero attached hydrogens (tertiary/aromatic N) is 2. The normalized spacial score (nSPS) is 10.6. The summed E-state index contributed by atoms with van der Waals surface area (Å²) >= 11 is 0. The summed E-state index contributed by atoms with van der Waals surface area (Å²) < 4.78 is 0. The Balaban J connectivity index is 2.54. The highest BCUT2D eigenvalue weighted by molar-refractivity contribution is 5.93. The molecular formula is C13H17N3. The number of fused-ring (bicyclic) bond motifs is 1. The van der Waals surface area contributed by atoms with Crippen molar-refractivity contribution in [3.63, 3.8) is 0 Å². The Labute approximate surface area is 95.9 Å². The molecular weight excluding hydrogens is 198 g/mol. The molecule has 0 fully saturated rings. The fourth-order valence-corrected chi connectivity index (χ4v) is 1.96. The lowest BCUT2D eigenvalue weighted by molar-refractivity contribution is 0.867. The summed E-state index contributed by atoms with van der Waals surface area (Å²) in [5, 5.41) is 2.18. The van der Waals surface area contributed by atoms with Gasteiger partial charge in [0.2, 0.25) is 0 Å². The Morgan fingerprint density at radius 3 is 2.62 bits per heavy atom. The molecule has 1 aromatic heterocycles. The minimum absolute atomic E-state index is 0.603. The van der Waals surface area contributed by atoms with Crippen molar-refractivity contribution in [2.45, 2.75) is 13.8 Å². The lowest BCUT2D eigenvalue weighted by atomic mass is 10.1. The van der Waals surface area contributed by atoms with Crippen LogP contribution in [0.15, 0.2) is 30.5 Å². The van der Waals surface area contributed by atoms with Crippen LogP contribution in [0.5, 0.6) is 0 Å². The molecule has 0 amide bonds. The van der Waals surface area contributed by atoms with Crippen LogP contribution in [0.1, 0.15) is 13.8 Å². The van der Waals surface area contributed by atoms with Gasteiger partial charge in [0.25, 0.3) is 0 Å².